The molecule has 0 aromatic heterocycles. The van der Waals surface area contributed by atoms with Crippen LogP contribution >= 0.6 is 0 Å². The van der Waals surface area contributed by atoms with Crippen molar-refractivity contribution in [2.24, 2.45) is 0 Å². The fraction of sp³-hybridized carbons (Fsp3) is 0.600. The summed E-state index contributed by atoms with van der Waals surface area (Å²) < 4.78 is 13.7. The van der Waals surface area contributed by atoms with Gasteiger partial charge in [-0.15, -0.1) is 0 Å². The molecule has 0 amide bonds. The Morgan fingerprint density at radius 3 is 2.89 bits per heavy atom. The number of hydrogen-bond donors (Lipinski definition) is 1. The Morgan fingerprint density at radius 1 is 1.39 bits per heavy atom. The minimum absolute atomic E-state index is 0.0880. The zero-order valence-corrected chi connectivity index (χ0v) is 11.3. The maximum Gasteiger partial charge on any atom is 0.127 e. The van der Waals surface area contributed by atoms with Crippen LogP contribution < -0.4 is 5.32 Å². The monoisotopic (exact) mass is 250 g/mol. The van der Waals surface area contributed by atoms with Gasteiger partial charge in [0.1, 0.15) is 5.82 Å². The van der Waals surface area contributed by atoms with Gasteiger partial charge in [-0.3, -0.25) is 4.90 Å². The molecule has 1 N–H and O–H groups in total. The average Bonchev–Trinajstić information content (AvgIpc) is 2.55. The summed E-state index contributed by atoms with van der Waals surface area (Å²) >= 11 is 0. The lowest BCUT2D eigenvalue weighted by Gasteiger charge is -2.29. The first-order valence-corrected chi connectivity index (χ1v) is 6.91. The molecule has 0 saturated carbocycles. The summed E-state index contributed by atoms with van der Waals surface area (Å²) in [6, 6.07) is 8.14. The molecular formula is C15H23FN2. The predicted molar refractivity (Wildman–Crippen MR) is 73.0 cm³/mol. The second-order valence-corrected chi connectivity index (χ2v) is 5.22. The highest BCUT2D eigenvalue weighted by Crippen LogP contribution is 2.16. The van der Waals surface area contributed by atoms with Crippen molar-refractivity contribution in [2.75, 3.05) is 13.1 Å². The third-order valence-corrected chi connectivity index (χ3v) is 3.90. The molecule has 1 aromatic carbocycles. The number of rotatable bonds is 3. The molecule has 3 heteroatoms. The van der Waals surface area contributed by atoms with Gasteiger partial charge in [0.25, 0.3) is 0 Å². The van der Waals surface area contributed by atoms with Crippen LogP contribution in [0.15, 0.2) is 24.3 Å². The van der Waals surface area contributed by atoms with Crippen LogP contribution in [0, 0.1) is 5.82 Å². The molecule has 1 aliphatic rings. The summed E-state index contributed by atoms with van der Waals surface area (Å²) in [6.07, 6.45) is 2.26. The number of nitrogens with one attached hydrogen (secondary N) is 1. The number of hydrogen-bond acceptors (Lipinski definition) is 2. The van der Waals surface area contributed by atoms with Gasteiger partial charge < -0.3 is 5.32 Å². The Kier molecular flexibility index (Phi) is 4.72. The van der Waals surface area contributed by atoms with E-state index >= 15 is 0 Å². The molecule has 100 valence electrons. The van der Waals surface area contributed by atoms with Gasteiger partial charge in [0.2, 0.25) is 0 Å². The molecule has 18 heavy (non-hydrogen) atoms. The van der Waals surface area contributed by atoms with E-state index in [0.29, 0.717) is 18.6 Å². The van der Waals surface area contributed by atoms with Crippen molar-refractivity contribution >= 4 is 0 Å². The Balaban J connectivity index is 2.08. The molecule has 2 atom stereocenters. The predicted octanol–water partition coefficient (Wildman–Crippen LogP) is 2.79. The summed E-state index contributed by atoms with van der Waals surface area (Å²) in [5, 5.41) is 3.56. The van der Waals surface area contributed by atoms with Gasteiger partial charge in [-0.05, 0) is 32.4 Å². The highest BCUT2D eigenvalue weighted by Gasteiger charge is 2.22. The second kappa shape index (κ2) is 6.30. The maximum atomic E-state index is 13.7. The van der Waals surface area contributed by atoms with Gasteiger partial charge in [0, 0.05) is 30.7 Å². The van der Waals surface area contributed by atoms with Crippen LogP contribution in [-0.4, -0.2) is 30.1 Å². The molecule has 0 spiro atoms. The van der Waals surface area contributed by atoms with Crippen LogP contribution in [0.25, 0.3) is 0 Å². The minimum atomic E-state index is -0.0880. The van der Waals surface area contributed by atoms with E-state index in [2.05, 4.69) is 24.1 Å². The summed E-state index contributed by atoms with van der Waals surface area (Å²) in [7, 11) is 0. The highest BCUT2D eigenvalue weighted by atomic mass is 19.1. The quantitative estimate of drug-likeness (QED) is 0.887. The maximum absolute atomic E-state index is 13.7. The van der Waals surface area contributed by atoms with E-state index in [1.54, 1.807) is 12.1 Å². The van der Waals surface area contributed by atoms with E-state index in [1.165, 1.54) is 0 Å². The summed E-state index contributed by atoms with van der Waals surface area (Å²) in [6.45, 7) is 7.22. The lowest BCUT2D eigenvalue weighted by Crippen LogP contribution is -2.39. The molecule has 1 aromatic rings. The Labute approximate surface area is 109 Å². The van der Waals surface area contributed by atoms with Crippen LogP contribution in [0.4, 0.5) is 4.39 Å². The highest BCUT2D eigenvalue weighted by molar-refractivity contribution is 5.17. The molecule has 2 unspecified atom stereocenters. The van der Waals surface area contributed by atoms with Crippen LogP contribution in [0.3, 0.4) is 0 Å². The van der Waals surface area contributed by atoms with Crippen molar-refractivity contribution in [3.8, 4) is 0 Å². The molecule has 1 heterocycles. The summed E-state index contributed by atoms with van der Waals surface area (Å²) in [5.74, 6) is -0.0880. The zero-order valence-electron chi connectivity index (χ0n) is 11.3. The molecule has 2 rings (SSSR count). The first-order valence-electron chi connectivity index (χ1n) is 6.91. The van der Waals surface area contributed by atoms with Gasteiger partial charge in [-0.2, -0.15) is 0 Å². The normalized spacial score (nSPS) is 25.9. The van der Waals surface area contributed by atoms with E-state index in [0.717, 1.165) is 31.5 Å². The molecular weight excluding hydrogens is 227 g/mol. The van der Waals surface area contributed by atoms with Crippen LogP contribution in [-0.2, 0) is 6.54 Å². The number of benzene rings is 1. The van der Waals surface area contributed by atoms with Crippen molar-refractivity contribution in [1.29, 1.82) is 0 Å². The average molecular weight is 250 g/mol. The third-order valence-electron chi connectivity index (χ3n) is 3.90. The first kappa shape index (κ1) is 13.5. The summed E-state index contributed by atoms with van der Waals surface area (Å²) in [4.78, 5) is 2.40. The molecule has 1 saturated heterocycles. The van der Waals surface area contributed by atoms with E-state index in [9.17, 15) is 4.39 Å². The van der Waals surface area contributed by atoms with Gasteiger partial charge in [-0.1, -0.05) is 25.1 Å². The van der Waals surface area contributed by atoms with Gasteiger partial charge >= 0.3 is 0 Å². The molecule has 1 fully saturated rings. The summed E-state index contributed by atoms with van der Waals surface area (Å²) in [5.41, 5.74) is 0.807. The molecule has 0 radical (unpaired) electrons. The van der Waals surface area contributed by atoms with Crippen molar-refractivity contribution in [3.63, 3.8) is 0 Å². The van der Waals surface area contributed by atoms with E-state index < -0.39 is 0 Å². The zero-order chi connectivity index (χ0) is 13.0. The van der Waals surface area contributed by atoms with Crippen molar-refractivity contribution in [3.05, 3.63) is 35.6 Å². The molecule has 1 aliphatic heterocycles. The number of nitrogens with zero attached hydrogens (tertiary/aromatic N) is 1. The van der Waals surface area contributed by atoms with Crippen molar-refractivity contribution < 1.29 is 4.39 Å². The van der Waals surface area contributed by atoms with Gasteiger partial charge in [-0.25, -0.2) is 4.39 Å². The minimum Gasteiger partial charge on any atom is -0.313 e. The van der Waals surface area contributed by atoms with Gasteiger partial charge in [0.05, 0.1) is 0 Å². The van der Waals surface area contributed by atoms with Crippen molar-refractivity contribution in [2.45, 2.75) is 45.3 Å². The second-order valence-electron chi connectivity index (χ2n) is 5.22. The largest absolute Gasteiger partial charge is 0.313 e. The topological polar surface area (TPSA) is 15.3 Å². The van der Waals surface area contributed by atoms with E-state index in [-0.39, 0.29) is 5.82 Å². The lowest BCUT2D eigenvalue weighted by atomic mass is 10.1. The molecule has 2 nitrogen and oxygen atoms in total. The SMILES string of the molecule is CCC1CN(Cc2ccccc2F)C(C)CCN1. The van der Waals surface area contributed by atoms with E-state index in [1.807, 2.05) is 12.1 Å². The van der Waals surface area contributed by atoms with Crippen molar-refractivity contribution in [1.82, 2.24) is 10.2 Å². The Hall–Kier alpha value is -0.930. The standard InChI is InChI=1S/C15H23FN2/c1-3-14-11-18(12(2)8-9-17-14)10-13-6-4-5-7-15(13)16/h4-7,12,14,17H,3,8-11H2,1-2H3. The fourth-order valence-electron chi connectivity index (χ4n) is 2.55. The molecule has 0 bridgehead atoms. The lowest BCUT2D eigenvalue weighted by molar-refractivity contribution is 0.192. The number of halogens is 1. The first-order chi connectivity index (χ1) is 8.70. The van der Waals surface area contributed by atoms with Gasteiger partial charge in [0.15, 0.2) is 0 Å². The van der Waals surface area contributed by atoms with Crippen LogP contribution in [0.5, 0.6) is 0 Å². The Morgan fingerprint density at radius 2 is 2.17 bits per heavy atom. The molecule has 0 aliphatic carbocycles. The van der Waals surface area contributed by atoms with E-state index in [4.69, 9.17) is 0 Å². The van der Waals surface area contributed by atoms with Crippen LogP contribution in [0.2, 0.25) is 0 Å². The fourth-order valence-corrected chi connectivity index (χ4v) is 2.55. The smallest absolute Gasteiger partial charge is 0.127 e. The Bertz CT molecular complexity index is 381. The van der Waals surface area contributed by atoms with Crippen LogP contribution in [0.1, 0.15) is 32.3 Å². The third kappa shape index (κ3) is 3.30.